The van der Waals surface area contributed by atoms with E-state index in [0.717, 1.165) is 30.7 Å². The van der Waals surface area contributed by atoms with Crippen LogP contribution in [0.15, 0.2) is 19.6 Å². The summed E-state index contributed by atoms with van der Waals surface area (Å²) in [6.07, 6.45) is 2.38. The van der Waals surface area contributed by atoms with Crippen LogP contribution in [-0.4, -0.2) is 20.9 Å². The number of unbranched alkanes of at least 4 members (excludes halogenated alkanes) is 1. The first-order chi connectivity index (χ1) is 10.1. The third-order valence-corrected chi connectivity index (χ3v) is 5.95. The summed E-state index contributed by atoms with van der Waals surface area (Å²) >= 11 is 4.83. The topological polar surface area (TPSA) is 62.5 Å². The molecule has 0 aliphatic rings. The molecular weight excluding hydrogens is 320 g/mol. The number of aromatic nitrogens is 3. The maximum Gasteiger partial charge on any atom is 0.179 e. The summed E-state index contributed by atoms with van der Waals surface area (Å²) in [4.78, 5) is 5.24. The molecule has 7 heteroatoms. The van der Waals surface area contributed by atoms with Crippen molar-refractivity contribution in [3.05, 3.63) is 23.0 Å². The first-order valence-electron chi connectivity index (χ1n) is 6.66. The lowest BCUT2D eigenvalue weighted by molar-refractivity contribution is 0.892. The number of rotatable bonds is 6. The van der Waals surface area contributed by atoms with Crippen molar-refractivity contribution < 1.29 is 0 Å². The average Bonchev–Trinajstić information content (AvgIpc) is 2.86. The number of pyridine rings is 1. The van der Waals surface area contributed by atoms with Gasteiger partial charge in [-0.2, -0.15) is 5.26 Å². The van der Waals surface area contributed by atoms with E-state index >= 15 is 0 Å². The number of hydrogen-bond donors (Lipinski definition) is 0. The van der Waals surface area contributed by atoms with Gasteiger partial charge in [0.15, 0.2) is 8.68 Å². The fraction of sp³-hybridized carbons (Fsp3) is 0.429. The van der Waals surface area contributed by atoms with Crippen molar-refractivity contribution in [2.24, 2.45) is 0 Å². The smallest absolute Gasteiger partial charge is 0.179 e. The fourth-order valence-electron chi connectivity index (χ4n) is 1.70. The standard InChI is InChI=1S/C14H16N4S3/c1-4-5-6-19-13-17-18-14(21-13)20-12-7-9(2)16-10(3)11(12)8-15/h7H,4-6H2,1-3H3. The highest BCUT2D eigenvalue weighted by Gasteiger charge is 2.13. The zero-order valence-electron chi connectivity index (χ0n) is 12.2. The Bertz CT molecular complexity index is 661. The Morgan fingerprint density at radius 2 is 2.05 bits per heavy atom. The molecule has 0 atom stereocenters. The first-order valence-corrected chi connectivity index (χ1v) is 9.28. The molecule has 0 amide bonds. The van der Waals surface area contributed by atoms with Gasteiger partial charge in [0.25, 0.3) is 0 Å². The highest BCUT2D eigenvalue weighted by molar-refractivity contribution is 8.03. The van der Waals surface area contributed by atoms with Gasteiger partial charge < -0.3 is 0 Å². The monoisotopic (exact) mass is 336 g/mol. The summed E-state index contributed by atoms with van der Waals surface area (Å²) in [7, 11) is 0. The highest BCUT2D eigenvalue weighted by Crippen LogP contribution is 2.36. The van der Waals surface area contributed by atoms with Crippen molar-refractivity contribution >= 4 is 34.9 Å². The largest absolute Gasteiger partial charge is 0.257 e. The molecule has 2 aromatic rings. The van der Waals surface area contributed by atoms with Crippen LogP contribution in [-0.2, 0) is 0 Å². The minimum absolute atomic E-state index is 0.626. The van der Waals surface area contributed by atoms with Crippen LogP contribution in [0.25, 0.3) is 0 Å². The van der Waals surface area contributed by atoms with Gasteiger partial charge in [-0.1, -0.05) is 48.2 Å². The van der Waals surface area contributed by atoms with E-state index in [1.165, 1.54) is 24.6 Å². The zero-order valence-corrected chi connectivity index (χ0v) is 14.7. The molecule has 0 radical (unpaired) electrons. The first kappa shape index (κ1) is 16.3. The molecule has 0 saturated heterocycles. The van der Waals surface area contributed by atoms with E-state index in [-0.39, 0.29) is 0 Å². The predicted octanol–water partition coefficient (Wildman–Crippen LogP) is 4.47. The molecule has 0 fully saturated rings. The molecule has 4 nitrogen and oxygen atoms in total. The van der Waals surface area contributed by atoms with Crippen LogP contribution in [0.5, 0.6) is 0 Å². The summed E-state index contributed by atoms with van der Waals surface area (Å²) < 4.78 is 1.86. The van der Waals surface area contributed by atoms with E-state index in [1.807, 2.05) is 19.9 Å². The number of thioether (sulfide) groups is 1. The molecular formula is C14H16N4S3. The lowest BCUT2D eigenvalue weighted by Gasteiger charge is -2.05. The maximum atomic E-state index is 9.28. The SMILES string of the molecule is CCCCSc1nnc(Sc2cc(C)nc(C)c2C#N)s1. The summed E-state index contributed by atoms with van der Waals surface area (Å²) in [6, 6.07) is 4.16. The van der Waals surface area contributed by atoms with Crippen molar-refractivity contribution in [2.75, 3.05) is 5.75 Å². The average molecular weight is 337 g/mol. The number of nitrogens with zero attached hydrogens (tertiary/aromatic N) is 4. The molecule has 0 spiro atoms. The zero-order chi connectivity index (χ0) is 15.2. The van der Waals surface area contributed by atoms with Gasteiger partial charge in [0.1, 0.15) is 6.07 Å². The Kier molecular flexibility index (Phi) is 6.03. The third-order valence-electron chi connectivity index (χ3n) is 2.71. The number of aryl methyl sites for hydroxylation is 2. The van der Waals surface area contributed by atoms with Crippen molar-refractivity contribution in [3.63, 3.8) is 0 Å². The number of nitriles is 1. The molecule has 2 heterocycles. The van der Waals surface area contributed by atoms with E-state index in [2.05, 4.69) is 28.2 Å². The van der Waals surface area contributed by atoms with Gasteiger partial charge in [-0.3, -0.25) is 4.98 Å². The van der Waals surface area contributed by atoms with Crippen LogP contribution in [0.3, 0.4) is 0 Å². The Labute approximate surface area is 137 Å². The van der Waals surface area contributed by atoms with E-state index < -0.39 is 0 Å². The van der Waals surface area contributed by atoms with Gasteiger partial charge in [0.2, 0.25) is 0 Å². The number of hydrogen-bond acceptors (Lipinski definition) is 7. The predicted molar refractivity (Wildman–Crippen MR) is 88.1 cm³/mol. The molecule has 0 aliphatic carbocycles. The highest BCUT2D eigenvalue weighted by atomic mass is 32.2. The molecule has 0 aromatic carbocycles. The molecule has 110 valence electrons. The van der Waals surface area contributed by atoms with Crippen LogP contribution in [0.4, 0.5) is 0 Å². The quantitative estimate of drug-likeness (QED) is 0.573. The minimum Gasteiger partial charge on any atom is -0.257 e. The van der Waals surface area contributed by atoms with E-state index in [0.29, 0.717) is 5.56 Å². The van der Waals surface area contributed by atoms with Crippen LogP contribution < -0.4 is 0 Å². The molecule has 0 aliphatic heterocycles. The van der Waals surface area contributed by atoms with Crippen molar-refractivity contribution in [1.82, 2.24) is 15.2 Å². The maximum absolute atomic E-state index is 9.28. The van der Waals surface area contributed by atoms with E-state index in [9.17, 15) is 5.26 Å². The van der Waals surface area contributed by atoms with Crippen LogP contribution in [0, 0.1) is 25.2 Å². The molecule has 0 N–H and O–H groups in total. The third kappa shape index (κ3) is 4.43. The van der Waals surface area contributed by atoms with Crippen molar-refractivity contribution in [3.8, 4) is 6.07 Å². The van der Waals surface area contributed by atoms with E-state index in [4.69, 9.17) is 0 Å². The minimum atomic E-state index is 0.626. The second-order valence-electron chi connectivity index (χ2n) is 4.47. The Morgan fingerprint density at radius 3 is 2.76 bits per heavy atom. The summed E-state index contributed by atoms with van der Waals surface area (Å²) in [5.41, 5.74) is 2.30. The molecule has 0 unspecified atom stereocenters. The Balaban J connectivity index is 2.14. The van der Waals surface area contributed by atoms with Gasteiger partial charge in [0, 0.05) is 16.3 Å². The van der Waals surface area contributed by atoms with Crippen LogP contribution in [0.1, 0.15) is 36.7 Å². The van der Waals surface area contributed by atoms with Crippen LogP contribution >= 0.6 is 34.9 Å². The fourth-order valence-corrected chi connectivity index (χ4v) is 5.07. The molecule has 2 aromatic heterocycles. The van der Waals surface area contributed by atoms with Gasteiger partial charge in [-0.15, -0.1) is 10.2 Å². The summed E-state index contributed by atoms with van der Waals surface area (Å²) in [5, 5.41) is 17.7. The van der Waals surface area contributed by atoms with Crippen molar-refractivity contribution in [1.29, 1.82) is 5.26 Å². The molecule has 0 saturated carbocycles. The van der Waals surface area contributed by atoms with Gasteiger partial charge >= 0.3 is 0 Å². The Morgan fingerprint density at radius 1 is 1.29 bits per heavy atom. The van der Waals surface area contributed by atoms with Gasteiger partial charge in [-0.05, 0) is 26.3 Å². The molecule has 0 bridgehead atoms. The van der Waals surface area contributed by atoms with Gasteiger partial charge in [-0.25, -0.2) is 0 Å². The lowest BCUT2D eigenvalue weighted by Crippen LogP contribution is -1.93. The van der Waals surface area contributed by atoms with E-state index in [1.54, 1.807) is 23.1 Å². The van der Waals surface area contributed by atoms with Crippen molar-refractivity contribution in [2.45, 2.75) is 47.2 Å². The lowest BCUT2D eigenvalue weighted by atomic mass is 10.2. The second kappa shape index (κ2) is 7.78. The summed E-state index contributed by atoms with van der Waals surface area (Å²) in [5.74, 6) is 1.08. The summed E-state index contributed by atoms with van der Waals surface area (Å²) in [6.45, 7) is 5.98. The van der Waals surface area contributed by atoms with Gasteiger partial charge in [0.05, 0.1) is 11.3 Å². The normalized spacial score (nSPS) is 10.6. The molecule has 2 rings (SSSR count). The van der Waals surface area contributed by atoms with Crippen LogP contribution in [0.2, 0.25) is 0 Å². The Hall–Kier alpha value is -1.10. The second-order valence-corrected chi connectivity index (χ2v) is 8.08. The molecule has 21 heavy (non-hydrogen) atoms.